The van der Waals surface area contributed by atoms with Gasteiger partial charge in [0.25, 0.3) is 5.91 Å². The third-order valence-corrected chi connectivity index (χ3v) is 4.15. The van der Waals surface area contributed by atoms with Crippen molar-refractivity contribution in [1.82, 2.24) is 0 Å². The summed E-state index contributed by atoms with van der Waals surface area (Å²) < 4.78 is 14.5. The van der Waals surface area contributed by atoms with Crippen LogP contribution >= 0.6 is 11.6 Å². The average Bonchev–Trinajstić information content (AvgIpc) is 2.60. The minimum Gasteiger partial charge on any atom is -0.370 e. The van der Waals surface area contributed by atoms with Crippen LogP contribution in [-0.4, -0.2) is 11.9 Å². The Kier molecular flexibility index (Phi) is 4.57. The van der Waals surface area contributed by atoms with Crippen molar-refractivity contribution in [2.45, 2.75) is 0 Å². The van der Waals surface area contributed by atoms with E-state index in [4.69, 9.17) is 23.1 Å². The molecule has 1 amide bonds. The highest BCUT2D eigenvalue weighted by molar-refractivity contribution is 6.34. The lowest BCUT2D eigenvalue weighted by Gasteiger charge is -2.12. The van der Waals surface area contributed by atoms with Gasteiger partial charge in [0.2, 0.25) is 0 Å². The summed E-state index contributed by atoms with van der Waals surface area (Å²) >= 11 is 6.19. The molecule has 0 aliphatic carbocycles. The number of fused-ring (bicyclic) bond motifs is 1. The number of hydrogen-bond donors (Lipinski definition) is 2. The number of nitriles is 1. The number of aliphatic imine (C=N–C) groups is 1. The summed E-state index contributed by atoms with van der Waals surface area (Å²) in [6, 6.07) is 14.3. The summed E-state index contributed by atoms with van der Waals surface area (Å²) in [5, 5.41) is 10.8. The predicted molar refractivity (Wildman–Crippen MR) is 99.2 cm³/mol. The zero-order chi connectivity index (χ0) is 18.8. The molecule has 0 unspecified atom stereocenters. The first kappa shape index (κ1) is 17.4. The molecule has 0 heterocycles. The largest absolute Gasteiger partial charge is 0.370 e. The lowest BCUT2D eigenvalue weighted by molar-refractivity contribution is 0.100. The molecule has 0 bridgehead atoms. The number of amides is 1. The summed E-state index contributed by atoms with van der Waals surface area (Å²) in [5.74, 6) is -1.57. The number of nitrogens with zero attached hydrogens (tertiary/aromatic N) is 2. The molecule has 0 fully saturated rings. The topological polar surface area (TPSA) is 105 Å². The van der Waals surface area contributed by atoms with Gasteiger partial charge in [0.05, 0.1) is 16.7 Å². The van der Waals surface area contributed by atoms with Gasteiger partial charge in [0.15, 0.2) is 5.96 Å². The van der Waals surface area contributed by atoms with Crippen molar-refractivity contribution in [2.24, 2.45) is 16.5 Å². The summed E-state index contributed by atoms with van der Waals surface area (Å²) in [4.78, 5) is 15.6. The molecule has 0 aromatic heterocycles. The second-order valence-corrected chi connectivity index (χ2v) is 5.88. The zero-order valence-electron chi connectivity index (χ0n) is 13.3. The highest BCUT2D eigenvalue weighted by Gasteiger charge is 2.18. The molecule has 26 heavy (non-hydrogen) atoms. The monoisotopic (exact) mass is 366 g/mol. The maximum atomic E-state index is 14.5. The van der Waals surface area contributed by atoms with Crippen LogP contribution < -0.4 is 11.5 Å². The molecule has 3 aromatic rings. The fourth-order valence-electron chi connectivity index (χ4n) is 2.73. The standard InChI is InChI=1S/C19H12ClFN4O/c20-14-2-1-3-15(21)17(14)16-12(9-22)7-5-10-4-6-11(8-13(10)16)18(26)25-19(23)24/h1-8H,(H4,23,24,25,26). The number of nitrogens with two attached hydrogens (primary N) is 2. The van der Waals surface area contributed by atoms with Gasteiger partial charge in [-0.15, -0.1) is 0 Å². The third kappa shape index (κ3) is 3.08. The number of guanidine groups is 1. The summed E-state index contributed by atoms with van der Waals surface area (Å²) in [6.45, 7) is 0. The second kappa shape index (κ2) is 6.82. The fraction of sp³-hybridized carbons (Fsp3) is 0. The molecule has 3 aromatic carbocycles. The molecular weight excluding hydrogens is 355 g/mol. The molecule has 0 saturated carbocycles. The predicted octanol–water partition coefficient (Wildman–Crippen LogP) is 3.58. The SMILES string of the molecule is N#Cc1ccc2ccc(C(=O)N=C(N)N)cc2c1-c1c(F)cccc1Cl. The van der Waals surface area contributed by atoms with E-state index in [2.05, 4.69) is 4.99 Å². The first-order chi connectivity index (χ1) is 12.4. The maximum Gasteiger partial charge on any atom is 0.280 e. The minimum atomic E-state index is -0.639. The van der Waals surface area contributed by atoms with Crippen molar-refractivity contribution in [1.29, 1.82) is 5.26 Å². The Balaban J connectivity index is 2.38. The van der Waals surface area contributed by atoms with E-state index >= 15 is 0 Å². The Labute approximate surface area is 153 Å². The maximum absolute atomic E-state index is 14.5. The van der Waals surface area contributed by atoms with Crippen LogP contribution in [0.2, 0.25) is 5.02 Å². The molecule has 7 heteroatoms. The first-order valence-corrected chi connectivity index (χ1v) is 7.85. The molecule has 0 aliphatic heterocycles. The second-order valence-electron chi connectivity index (χ2n) is 5.47. The Morgan fingerprint density at radius 2 is 1.85 bits per heavy atom. The summed E-state index contributed by atoms with van der Waals surface area (Å²) in [6.07, 6.45) is 0. The highest BCUT2D eigenvalue weighted by atomic mass is 35.5. The van der Waals surface area contributed by atoms with E-state index in [0.717, 1.165) is 0 Å². The Morgan fingerprint density at radius 1 is 1.12 bits per heavy atom. The molecule has 0 aliphatic rings. The van der Waals surface area contributed by atoms with E-state index in [0.29, 0.717) is 16.3 Å². The molecule has 5 nitrogen and oxygen atoms in total. The lowest BCUT2D eigenvalue weighted by Crippen LogP contribution is -2.24. The van der Waals surface area contributed by atoms with E-state index in [-0.39, 0.29) is 27.7 Å². The quantitative estimate of drug-likeness (QED) is 0.534. The number of halogens is 2. The number of carbonyl (C=O) groups is 1. The smallest absolute Gasteiger partial charge is 0.280 e. The van der Waals surface area contributed by atoms with E-state index in [9.17, 15) is 14.4 Å². The zero-order valence-corrected chi connectivity index (χ0v) is 14.1. The van der Waals surface area contributed by atoms with Crippen LogP contribution in [0.15, 0.2) is 53.5 Å². The molecule has 0 saturated heterocycles. The van der Waals surface area contributed by atoms with Gasteiger partial charge in [-0.3, -0.25) is 4.79 Å². The molecule has 128 valence electrons. The lowest BCUT2D eigenvalue weighted by atomic mass is 9.92. The molecule has 0 atom stereocenters. The molecule has 0 radical (unpaired) electrons. The van der Waals surface area contributed by atoms with Crippen molar-refractivity contribution >= 4 is 34.2 Å². The van der Waals surface area contributed by atoms with Gasteiger partial charge in [-0.1, -0.05) is 29.8 Å². The van der Waals surface area contributed by atoms with Crippen LogP contribution in [-0.2, 0) is 0 Å². The van der Waals surface area contributed by atoms with Gasteiger partial charge in [0, 0.05) is 16.7 Å². The minimum absolute atomic E-state index is 0.0998. The number of carbonyl (C=O) groups excluding carboxylic acids is 1. The fourth-order valence-corrected chi connectivity index (χ4v) is 2.99. The van der Waals surface area contributed by atoms with Crippen LogP contribution in [0.5, 0.6) is 0 Å². The van der Waals surface area contributed by atoms with Crippen molar-refractivity contribution in [3.63, 3.8) is 0 Å². The molecule has 0 spiro atoms. The Hall–Kier alpha value is -3.43. The van der Waals surface area contributed by atoms with Gasteiger partial charge < -0.3 is 11.5 Å². The number of hydrogen-bond acceptors (Lipinski definition) is 2. The van der Waals surface area contributed by atoms with Gasteiger partial charge in [-0.2, -0.15) is 10.3 Å². The Morgan fingerprint density at radius 3 is 2.50 bits per heavy atom. The summed E-state index contributed by atoms with van der Waals surface area (Å²) in [7, 11) is 0. The van der Waals surface area contributed by atoms with E-state index < -0.39 is 11.7 Å². The van der Waals surface area contributed by atoms with Crippen molar-refractivity contribution in [2.75, 3.05) is 0 Å². The first-order valence-electron chi connectivity index (χ1n) is 7.47. The van der Waals surface area contributed by atoms with Gasteiger partial charge >= 0.3 is 0 Å². The highest BCUT2D eigenvalue weighted by Crippen LogP contribution is 2.38. The molecule has 3 rings (SSSR count). The van der Waals surface area contributed by atoms with Crippen LogP contribution in [0, 0.1) is 17.1 Å². The summed E-state index contributed by atoms with van der Waals surface area (Å²) in [5.41, 5.74) is 11.3. The van der Waals surface area contributed by atoms with Crippen LogP contribution in [0.3, 0.4) is 0 Å². The third-order valence-electron chi connectivity index (χ3n) is 3.83. The van der Waals surface area contributed by atoms with Crippen molar-refractivity contribution in [3.05, 3.63) is 70.5 Å². The van der Waals surface area contributed by atoms with Gasteiger partial charge in [0.1, 0.15) is 5.82 Å². The molecule has 4 N–H and O–H groups in total. The average molecular weight is 367 g/mol. The number of rotatable bonds is 2. The van der Waals surface area contributed by atoms with Gasteiger partial charge in [-0.25, -0.2) is 4.39 Å². The normalized spacial score (nSPS) is 10.3. The van der Waals surface area contributed by atoms with Crippen LogP contribution in [0.25, 0.3) is 21.9 Å². The van der Waals surface area contributed by atoms with Crippen LogP contribution in [0.4, 0.5) is 4.39 Å². The van der Waals surface area contributed by atoms with Crippen LogP contribution in [0.1, 0.15) is 15.9 Å². The Bertz CT molecular complexity index is 1090. The van der Waals surface area contributed by atoms with Crippen molar-refractivity contribution in [3.8, 4) is 17.2 Å². The van der Waals surface area contributed by atoms with Crippen molar-refractivity contribution < 1.29 is 9.18 Å². The van der Waals surface area contributed by atoms with E-state index in [1.54, 1.807) is 24.3 Å². The van der Waals surface area contributed by atoms with E-state index in [1.807, 2.05) is 6.07 Å². The number of benzene rings is 3. The van der Waals surface area contributed by atoms with Gasteiger partial charge in [-0.05, 0) is 41.1 Å². The molecular formula is C19H12ClFN4O. The van der Waals surface area contributed by atoms with E-state index in [1.165, 1.54) is 24.3 Å².